The van der Waals surface area contributed by atoms with E-state index in [1.165, 1.54) is 4.90 Å². The lowest BCUT2D eigenvalue weighted by molar-refractivity contribution is -0.150. The maximum Gasteiger partial charge on any atom is 0.326 e. The number of carboxylic acids is 1. The standard InChI is InChI=1S/C11H17NO4S/c1-7(5-8(13)6-17)10(14)12-4-2-3-9(12)11(15)16/h7,9,17H,2-6H2,1H3,(H,15,16)/t7?,9-/m1/s1. The van der Waals surface area contributed by atoms with Gasteiger partial charge in [0.2, 0.25) is 5.91 Å². The van der Waals surface area contributed by atoms with E-state index in [4.69, 9.17) is 5.11 Å². The normalized spacial score (nSPS) is 21.3. The monoisotopic (exact) mass is 259 g/mol. The molecule has 5 nitrogen and oxygen atoms in total. The van der Waals surface area contributed by atoms with E-state index >= 15 is 0 Å². The fourth-order valence-corrected chi connectivity index (χ4v) is 2.19. The first-order valence-corrected chi connectivity index (χ1v) is 6.26. The molecule has 0 saturated carbocycles. The van der Waals surface area contributed by atoms with Gasteiger partial charge >= 0.3 is 5.97 Å². The topological polar surface area (TPSA) is 74.7 Å². The third kappa shape index (κ3) is 3.46. The molecule has 1 fully saturated rings. The summed E-state index contributed by atoms with van der Waals surface area (Å²) in [7, 11) is 0. The van der Waals surface area contributed by atoms with Crippen LogP contribution in [0.1, 0.15) is 26.2 Å². The Balaban J connectivity index is 2.62. The lowest BCUT2D eigenvalue weighted by atomic mass is 10.0. The first kappa shape index (κ1) is 14.0. The van der Waals surface area contributed by atoms with Gasteiger partial charge in [-0.05, 0) is 12.8 Å². The third-order valence-electron chi connectivity index (χ3n) is 2.95. The maximum absolute atomic E-state index is 12.0. The van der Waals surface area contributed by atoms with Gasteiger partial charge in [0.1, 0.15) is 11.8 Å². The van der Waals surface area contributed by atoms with Crippen molar-refractivity contribution in [1.29, 1.82) is 0 Å². The van der Waals surface area contributed by atoms with Crippen molar-refractivity contribution < 1.29 is 19.5 Å². The molecule has 1 amide bonds. The van der Waals surface area contributed by atoms with Gasteiger partial charge in [-0.1, -0.05) is 6.92 Å². The highest BCUT2D eigenvalue weighted by atomic mass is 32.1. The van der Waals surface area contributed by atoms with Crippen molar-refractivity contribution in [3.05, 3.63) is 0 Å². The predicted octanol–water partition coefficient (Wildman–Crippen LogP) is 0.587. The molecule has 96 valence electrons. The molecule has 0 aromatic rings. The molecule has 1 rings (SSSR count). The van der Waals surface area contributed by atoms with Crippen LogP contribution in [0.25, 0.3) is 0 Å². The zero-order valence-electron chi connectivity index (χ0n) is 9.76. The van der Waals surface area contributed by atoms with Crippen molar-refractivity contribution in [2.45, 2.75) is 32.2 Å². The van der Waals surface area contributed by atoms with E-state index in [1.807, 2.05) is 0 Å². The summed E-state index contributed by atoms with van der Waals surface area (Å²) in [6.45, 7) is 2.12. The van der Waals surface area contributed by atoms with Crippen LogP contribution in [-0.2, 0) is 14.4 Å². The molecule has 1 unspecified atom stereocenters. The molecule has 1 aliphatic rings. The first-order chi connectivity index (χ1) is 7.97. The predicted molar refractivity (Wildman–Crippen MR) is 65.0 cm³/mol. The van der Waals surface area contributed by atoms with E-state index in [0.29, 0.717) is 19.4 Å². The lowest BCUT2D eigenvalue weighted by Gasteiger charge is -2.24. The Morgan fingerprint density at radius 3 is 2.65 bits per heavy atom. The van der Waals surface area contributed by atoms with Crippen molar-refractivity contribution in [2.24, 2.45) is 5.92 Å². The van der Waals surface area contributed by atoms with E-state index in [9.17, 15) is 14.4 Å². The molecule has 2 atom stereocenters. The maximum atomic E-state index is 12.0. The van der Waals surface area contributed by atoms with Crippen LogP contribution in [0.3, 0.4) is 0 Å². The Hall–Kier alpha value is -1.04. The summed E-state index contributed by atoms with van der Waals surface area (Å²) >= 11 is 3.85. The van der Waals surface area contributed by atoms with Gasteiger partial charge in [0, 0.05) is 24.6 Å². The van der Waals surface area contributed by atoms with Crippen LogP contribution in [0, 0.1) is 5.92 Å². The number of nitrogens with zero attached hydrogens (tertiary/aromatic N) is 1. The van der Waals surface area contributed by atoms with Gasteiger partial charge in [-0.25, -0.2) is 4.79 Å². The molecule has 0 bridgehead atoms. The average molecular weight is 259 g/mol. The molecular formula is C11H17NO4S. The van der Waals surface area contributed by atoms with Crippen molar-refractivity contribution in [2.75, 3.05) is 12.3 Å². The average Bonchev–Trinajstić information content (AvgIpc) is 2.76. The minimum absolute atomic E-state index is 0.0970. The summed E-state index contributed by atoms with van der Waals surface area (Å²) in [5, 5.41) is 8.97. The first-order valence-electron chi connectivity index (χ1n) is 5.63. The van der Waals surface area contributed by atoms with Crippen molar-refractivity contribution in [3.8, 4) is 0 Å². The summed E-state index contributed by atoms with van der Waals surface area (Å²) < 4.78 is 0. The zero-order chi connectivity index (χ0) is 13.0. The molecule has 1 N–H and O–H groups in total. The largest absolute Gasteiger partial charge is 0.480 e. The molecule has 17 heavy (non-hydrogen) atoms. The van der Waals surface area contributed by atoms with E-state index in [0.717, 1.165) is 0 Å². The summed E-state index contributed by atoms with van der Waals surface area (Å²) in [6, 6.07) is -0.726. The summed E-state index contributed by atoms with van der Waals surface area (Å²) in [4.78, 5) is 35.5. The lowest BCUT2D eigenvalue weighted by Crippen LogP contribution is -2.43. The summed E-state index contributed by atoms with van der Waals surface area (Å²) in [6.07, 6.45) is 1.33. The van der Waals surface area contributed by atoms with Crippen LogP contribution in [0.15, 0.2) is 0 Å². The van der Waals surface area contributed by atoms with Crippen LogP contribution < -0.4 is 0 Å². The Labute approximate surface area is 106 Å². The van der Waals surface area contributed by atoms with Crippen molar-refractivity contribution >= 4 is 30.3 Å². The molecule has 1 saturated heterocycles. The second-order valence-corrected chi connectivity index (χ2v) is 4.65. The van der Waals surface area contributed by atoms with Crippen LogP contribution in [0.2, 0.25) is 0 Å². The molecular weight excluding hydrogens is 242 g/mol. The minimum atomic E-state index is -0.969. The number of amides is 1. The van der Waals surface area contributed by atoms with Gasteiger partial charge in [-0.2, -0.15) is 12.6 Å². The number of carboxylic acid groups (broad SMARTS) is 1. The Morgan fingerprint density at radius 1 is 1.47 bits per heavy atom. The molecule has 1 heterocycles. The number of carbonyl (C=O) groups excluding carboxylic acids is 2. The van der Waals surface area contributed by atoms with Crippen LogP contribution >= 0.6 is 12.6 Å². The molecule has 0 aliphatic carbocycles. The van der Waals surface area contributed by atoms with E-state index in [1.54, 1.807) is 6.92 Å². The molecule has 0 aromatic heterocycles. The number of hydrogen-bond acceptors (Lipinski definition) is 4. The molecule has 1 aliphatic heterocycles. The molecule has 0 aromatic carbocycles. The number of Topliss-reactive ketones (excluding diaryl/α,β-unsaturated/α-hetero) is 1. The Bertz CT molecular complexity index is 331. The number of carbonyl (C=O) groups is 3. The van der Waals surface area contributed by atoms with Crippen LogP contribution in [-0.4, -0.2) is 46.0 Å². The number of thiol groups is 1. The fourth-order valence-electron chi connectivity index (χ4n) is 2.06. The third-order valence-corrected chi connectivity index (χ3v) is 3.31. The van der Waals surface area contributed by atoms with Gasteiger partial charge in [0.25, 0.3) is 0 Å². The van der Waals surface area contributed by atoms with Crippen molar-refractivity contribution in [1.82, 2.24) is 4.90 Å². The molecule has 0 spiro atoms. The van der Waals surface area contributed by atoms with Gasteiger partial charge in [0.05, 0.1) is 0 Å². The van der Waals surface area contributed by atoms with Gasteiger partial charge < -0.3 is 10.0 Å². The number of ketones is 1. The smallest absolute Gasteiger partial charge is 0.326 e. The fraction of sp³-hybridized carbons (Fsp3) is 0.727. The van der Waals surface area contributed by atoms with E-state index < -0.39 is 17.9 Å². The summed E-state index contributed by atoms with van der Waals surface area (Å²) in [5.74, 6) is -1.66. The highest BCUT2D eigenvalue weighted by Gasteiger charge is 2.35. The second kappa shape index (κ2) is 6.05. The molecule has 6 heteroatoms. The van der Waals surface area contributed by atoms with Crippen molar-refractivity contribution in [3.63, 3.8) is 0 Å². The van der Waals surface area contributed by atoms with Gasteiger partial charge in [-0.3, -0.25) is 9.59 Å². The van der Waals surface area contributed by atoms with Gasteiger partial charge in [0.15, 0.2) is 0 Å². The van der Waals surface area contributed by atoms with E-state index in [-0.39, 0.29) is 23.9 Å². The van der Waals surface area contributed by atoms with E-state index in [2.05, 4.69) is 12.6 Å². The summed E-state index contributed by atoms with van der Waals surface area (Å²) in [5.41, 5.74) is 0. The Morgan fingerprint density at radius 2 is 2.12 bits per heavy atom. The number of rotatable bonds is 5. The quantitative estimate of drug-likeness (QED) is 0.709. The molecule has 0 radical (unpaired) electrons. The number of hydrogen-bond donors (Lipinski definition) is 2. The zero-order valence-corrected chi connectivity index (χ0v) is 10.7. The number of likely N-dealkylation sites (tertiary alicyclic amines) is 1. The minimum Gasteiger partial charge on any atom is -0.480 e. The SMILES string of the molecule is CC(CC(=O)CS)C(=O)N1CCC[C@@H]1C(=O)O. The highest BCUT2D eigenvalue weighted by Crippen LogP contribution is 2.21. The second-order valence-electron chi connectivity index (χ2n) is 4.33. The number of aliphatic carboxylic acids is 1. The van der Waals surface area contributed by atoms with Gasteiger partial charge in [-0.15, -0.1) is 0 Å². The van der Waals surface area contributed by atoms with Crippen LogP contribution in [0.4, 0.5) is 0 Å². The highest BCUT2D eigenvalue weighted by molar-refractivity contribution is 7.81. The van der Waals surface area contributed by atoms with Crippen LogP contribution in [0.5, 0.6) is 0 Å². The Kier molecular flexibility index (Phi) is 4.99.